The minimum Gasteiger partial charge on any atom is -0.346 e. The Bertz CT molecular complexity index is 1100. The molecule has 2 aromatic carbocycles. The Morgan fingerprint density at radius 1 is 0.960 bits per heavy atom. The number of hydrogen-bond acceptors (Lipinski definition) is 3. The second-order valence-corrected chi connectivity index (χ2v) is 6.58. The molecule has 3 N–H and O–H groups in total. The van der Waals surface area contributed by atoms with Gasteiger partial charge in [-0.2, -0.15) is 0 Å². The highest BCUT2D eigenvalue weighted by atomic mass is 35.5. The van der Waals surface area contributed by atoms with Crippen molar-refractivity contribution in [3.63, 3.8) is 0 Å². The van der Waals surface area contributed by atoms with Crippen molar-refractivity contribution >= 4 is 28.3 Å². The number of aromatic amines is 1. The van der Waals surface area contributed by atoms with E-state index < -0.39 is 0 Å². The summed E-state index contributed by atoms with van der Waals surface area (Å²) in [6, 6.07) is 17.8. The molecular weight excluding hydrogens is 332 g/mol. The van der Waals surface area contributed by atoms with Gasteiger partial charge in [0.25, 0.3) is 0 Å². The Hall–Kier alpha value is -2.82. The molecule has 0 radical (unpaired) electrons. The average Bonchev–Trinajstić information content (AvgIpc) is 3.03. The third-order valence-corrected chi connectivity index (χ3v) is 5.19. The van der Waals surface area contributed by atoms with Crippen molar-refractivity contribution < 1.29 is 0 Å². The van der Waals surface area contributed by atoms with Gasteiger partial charge in [-0.05, 0) is 29.3 Å². The van der Waals surface area contributed by atoms with Crippen LogP contribution in [0.3, 0.4) is 0 Å². The predicted molar refractivity (Wildman–Crippen MR) is 101 cm³/mol. The first-order valence-corrected chi connectivity index (χ1v) is 8.47. The molecule has 1 aliphatic rings. The Balaban J connectivity index is 1.91. The predicted octanol–water partition coefficient (Wildman–Crippen LogP) is 4.67. The van der Waals surface area contributed by atoms with E-state index in [1.165, 1.54) is 0 Å². The molecular formula is C20H15ClN4. The second-order valence-electron chi connectivity index (χ2n) is 6.17. The third-order valence-electron chi connectivity index (χ3n) is 4.85. The van der Waals surface area contributed by atoms with Gasteiger partial charge in [0.1, 0.15) is 5.65 Å². The maximum Gasteiger partial charge on any atom is 0.138 e. The van der Waals surface area contributed by atoms with E-state index in [9.17, 15) is 0 Å². The van der Waals surface area contributed by atoms with Crippen LogP contribution in [0.15, 0.2) is 67.0 Å². The summed E-state index contributed by atoms with van der Waals surface area (Å²) in [5.41, 5.74) is 6.09. The number of pyridine rings is 1. The van der Waals surface area contributed by atoms with E-state index in [1.807, 2.05) is 60.9 Å². The lowest BCUT2D eigenvalue weighted by Gasteiger charge is -2.29. The van der Waals surface area contributed by atoms with Crippen molar-refractivity contribution in [3.8, 4) is 11.1 Å². The number of halogens is 1. The van der Waals surface area contributed by atoms with Gasteiger partial charge in [0.15, 0.2) is 0 Å². The lowest BCUT2D eigenvalue weighted by atomic mass is 9.97. The van der Waals surface area contributed by atoms with E-state index in [0.717, 1.165) is 39.0 Å². The molecule has 4 nitrogen and oxygen atoms in total. The number of fused-ring (bicyclic) bond motifs is 2. The van der Waals surface area contributed by atoms with Crippen LogP contribution in [0.2, 0.25) is 5.02 Å². The van der Waals surface area contributed by atoms with Crippen LogP contribution >= 0.6 is 11.6 Å². The largest absolute Gasteiger partial charge is 0.346 e. The monoisotopic (exact) mass is 346 g/mol. The molecule has 1 atom stereocenters. The summed E-state index contributed by atoms with van der Waals surface area (Å²) < 4.78 is 0. The summed E-state index contributed by atoms with van der Waals surface area (Å²) >= 11 is 6.52. The molecule has 5 rings (SSSR count). The Kier molecular flexibility index (Phi) is 3.10. The van der Waals surface area contributed by atoms with Gasteiger partial charge in [0.2, 0.25) is 0 Å². The Morgan fingerprint density at radius 2 is 1.76 bits per heavy atom. The first-order valence-electron chi connectivity index (χ1n) is 8.09. The van der Waals surface area contributed by atoms with Crippen LogP contribution in [0, 0.1) is 0 Å². The van der Waals surface area contributed by atoms with Gasteiger partial charge in [0.05, 0.1) is 11.7 Å². The molecule has 2 aromatic heterocycles. The molecule has 1 unspecified atom stereocenters. The fourth-order valence-electron chi connectivity index (χ4n) is 3.75. The van der Waals surface area contributed by atoms with Gasteiger partial charge >= 0.3 is 0 Å². The van der Waals surface area contributed by atoms with Crippen molar-refractivity contribution in [1.29, 1.82) is 0 Å². The number of hydrogen-bond donors (Lipinski definition) is 2. The molecule has 3 heterocycles. The molecule has 5 heteroatoms. The standard InChI is InChI=1S/C20H15ClN4/c21-16-7-3-1-6-14(16)19-15-11-24-20-18(15)13(9-10-23-20)12-5-2-4-8-17(12)25(19)22/h1-11,19H,22H2,(H,23,24). The number of aromatic nitrogens is 2. The number of nitrogens with one attached hydrogen (secondary N) is 1. The van der Waals surface area contributed by atoms with Gasteiger partial charge < -0.3 is 4.98 Å². The highest BCUT2D eigenvalue weighted by Crippen LogP contribution is 2.46. The summed E-state index contributed by atoms with van der Waals surface area (Å²) in [5.74, 6) is 6.65. The molecule has 0 aliphatic carbocycles. The van der Waals surface area contributed by atoms with Crippen LogP contribution in [-0.2, 0) is 0 Å². The fraction of sp³-hybridized carbons (Fsp3) is 0.0500. The zero-order valence-corrected chi connectivity index (χ0v) is 14.0. The van der Waals surface area contributed by atoms with Crippen molar-refractivity contribution in [2.75, 3.05) is 5.01 Å². The summed E-state index contributed by atoms with van der Waals surface area (Å²) in [7, 11) is 0. The maximum atomic E-state index is 6.65. The summed E-state index contributed by atoms with van der Waals surface area (Å²) in [4.78, 5) is 7.77. The molecule has 0 saturated heterocycles. The third kappa shape index (κ3) is 2.02. The molecule has 4 aromatic rings. The number of hydrazine groups is 1. The molecule has 1 aliphatic heterocycles. The molecule has 0 bridgehead atoms. The van der Waals surface area contributed by atoms with Crippen molar-refractivity contribution in [3.05, 3.63) is 83.1 Å². The van der Waals surface area contributed by atoms with Gasteiger partial charge in [0, 0.05) is 33.9 Å². The van der Waals surface area contributed by atoms with E-state index in [4.69, 9.17) is 17.4 Å². The average molecular weight is 347 g/mol. The molecule has 0 saturated carbocycles. The van der Waals surface area contributed by atoms with Crippen molar-refractivity contribution in [2.24, 2.45) is 5.84 Å². The number of rotatable bonds is 1. The quantitative estimate of drug-likeness (QED) is 0.492. The molecule has 0 spiro atoms. The van der Waals surface area contributed by atoms with Crippen LogP contribution in [0.5, 0.6) is 0 Å². The molecule has 0 amide bonds. The van der Waals surface area contributed by atoms with Crippen LogP contribution in [0.1, 0.15) is 17.2 Å². The Labute approximate surface area is 149 Å². The highest BCUT2D eigenvalue weighted by molar-refractivity contribution is 6.31. The van der Waals surface area contributed by atoms with E-state index in [-0.39, 0.29) is 6.04 Å². The number of para-hydroxylation sites is 1. The molecule has 122 valence electrons. The van der Waals surface area contributed by atoms with E-state index >= 15 is 0 Å². The fourth-order valence-corrected chi connectivity index (χ4v) is 3.99. The van der Waals surface area contributed by atoms with Crippen LogP contribution in [-0.4, -0.2) is 9.97 Å². The summed E-state index contributed by atoms with van der Waals surface area (Å²) in [6.45, 7) is 0. The number of nitrogens with zero attached hydrogens (tertiary/aromatic N) is 2. The SMILES string of the molecule is NN1c2ccccc2-c2ccnc3[nH]cc(c23)C1c1ccccc1Cl. The topological polar surface area (TPSA) is 57.9 Å². The van der Waals surface area contributed by atoms with Crippen molar-refractivity contribution in [1.82, 2.24) is 9.97 Å². The first kappa shape index (κ1) is 14.5. The number of nitrogens with two attached hydrogens (primary N) is 1. The molecule has 25 heavy (non-hydrogen) atoms. The number of anilines is 1. The summed E-state index contributed by atoms with van der Waals surface area (Å²) in [6.07, 6.45) is 3.81. The van der Waals surface area contributed by atoms with E-state index in [1.54, 1.807) is 5.01 Å². The Morgan fingerprint density at radius 3 is 2.64 bits per heavy atom. The zero-order chi connectivity index (χ0) is 17.0. The zero-order valence-electron chi connectivity index (χ0n) is 13.3. The lowest BCUT2D eigenvalue weighted by Crippen LogP contribution is -2.35. The first-order chi connectivity index (χ1) is 12.3. The van der Waals surface area contributed by atoms with Crippen molar-refractivity contribution in [2.45, 2.75) is 6.04 Å². The minimum absolute atomic E-state index is 0.200. The van der Waals surface area contributed by atoms with Crippen LogP contribution < -0.4 is 10.9 Å². The molecule has 0 fully saturated rings. The van der Waals surface area contributed by atoms with Gasteiger partial charge in [-0.3, -0.25) is 5.01 Å². The van der Waals surface area contributed by atoms with Crippen LogP contribution in [0.25, 0.3) is 22.2 Å². The van der Waals surface area contributed by atoms with E-state index in [2.05, 4.69) is 16.0 Å². The van der Waals surface area contributed by atoms with Crippen LogP contribution in [0.4, 0.5) is 5.69 Å². The summed E-state index contributed by atoms with van der Waals surface area (Å²) in [5, 5.41) is 3.59. The van der Waals surface area contributed by atoms with Gasteiger partial charge in [-0.15, -0.1) is 0 Å². The number of H-pyrrole nitrogens is 1. The minimum atomic E-state index is -0.200. The van der Waals surface area contributed by atoms with Gasteiger partial charge in [-0.25, -0.2) is 10.8 Å². The lowest BCUT2D eigenvalue weighted by molar-refractivity contribution is 0.743. The number of benzene rings is 2. The second kappa shape index (κ2) is 5.34. The van der Waals surface area contributed by atoms with Gasteiger partial charge in [-0.1, -0.05) is 48.0 Å². The smallest absolute Gasteiger partial charge is 0.138 e. The highest BCUT2D eigenvalue weighted by Gasteiger charge is 2.31. The maximum absolute atomic E-state index is 6.65. The van der Waals surface area contributed by atoms with E-state index in [0.29, 0.717) is 5.02 Å². The normalized spacial score (nSPS) is 15.9.